The van der Waals surface area contributed by atoms with E-state index in [0.29, 0.717) is 32.8 Å². The van der Waals surface area contributed by atoms with Crippen LogP contribution in [0.5, 0.6) is 0 Å². The molecule has 0 radical (unpaired) electrons. The Bertz CT molecular complexity index is 1470. The van der Waals surface area contributed by atoms with E-state index in [1.807, 2.05) is 61.5 Å². The first-order chi connectivity index (χ1) is 15.0. The van der Waals surface area contributed by atoms with Gasteiger partial charge in [0.2, 0.25) is 0 Å². The molecule has 0 fully saturated rings. The summed E-state index contributed by atoms with van der Waals surface area (Å²) in [4.78, 5) is 22.9. The van der Waals surface area contributed by atoms with Gasteiger partial charge in [-0.1, -0.05) is 59.1 Å². The Labute approximate surface area is 188 Å². The minimum Gasteiger partial charge on any atom is -0.283 e. The molecule has 5 aromatic rings. The number of nitrogens with zero attached hydrogens (tertiary/aromatic N) is 4. The fourth-order valence-corrected chi connectivity index (χ4v) is 4.01. The maximum Gasteiger partial charge on any atom is 0.286 e. The van der Waals surface area contributed by atoms with E-state index in [1.165, 1.54) is 0 Å². The van der Waals surface area contributed by atoms with Gasteiger partial charge >= 0.3 is 0 Å². The smallest absolute Gasteiger partial charge is 0.283 e. The zero-order valence-electron chi connectivity index (χ0n) is 16.5. The second-order valence-electron chi connectivity index (χ2n) is 7.16. The largest absolute Gasteiger partial charge is 0.286 e. The van der Waals surface area contributed by atoms with Crippen molar-refractivity contribution in [3.63, 3.8) is 0 Å². The molecule has 0 atom stereocenters. The lowest BCUT2D eigenvalue weighted by Gasteiger charge is -2.14. The summed E-state index contributed by atoms with van der Waals surface area (Å²) in [6.07, 6.45) is 1.61. The molecule has 152 valence electrons. The lowest BCUT2D eigenvalue weighted by molar-refractivity contribution is 0.961. The van der Waals surface area contributed by atoms with Crippen molar-refractivity contribution in [3.8, 4) is 22.8 Å². The van der Waals surface area contributed by atoms with E-state index < -0.39 is 0 Å². The fourth-order valence-electron chi connectivity index (χ4n) is 3.51. The molecule has 0 amide bonds. The average Bonchev–Trinajstić information content (AvgIpc) is 3.20. The van der Waals surface area contributed by atoms with Gasteiger partial charge in [-0.25, -0.2) is 9.97 Å². The van der Waals surface area contributed by atoms with Crippen molar-refractivity contribution >= 4 is 34.4 Å². The van der Waals surface area contributed by atoms with Crippen LogP contribution in [0.25, 0.3) is 33.9 Å². The predicted molar refractivity (Wildman–Crippen MR) is 125 cm³/mol. The summed E-state index contributed by atoms with van der Waals surface area (Å²) < 4.78 is 3.34. The van der Waals surface area contributed by atoms with Gasteiger partial charge in [-0.2, -0.15) is 0 Å². The van der Waals surface area contributed by atoms with Crippen LogP contribution in [0.2, 0.25) is 10.0 Å². The molecule has 7 heteroatoms. The van der Waals surface area contributed by atoms with E-state index in [1.54, 1.807) is 33.7 Å². The van der Waals surface area contributed by atoms with Crippen LogP contribution in [0.3, 0.4) is 0 Å². The number of aromatic nitrogens is 4. The number of rotatable bonds is 3. The molecule has 31 heavy (non-hydrogen) atoms. The zero-order chi connectivity index (χ0) is 21.5. The number of imidazole rings is 1. The van der Waals surface area contributed by atoms with Crippen molar-refractivity contribution < 1.29 is 0 Å². The molecule has 0 aliphatic rings. The van der Waals surface area contributed by atoms with Crippen molar-refractivity contribution in [2.24, 2.45) is 0 Å². The molecule has 5 rings (SSSR count). The number of benzene rings is 3. The van der Waals surface area contributed by atoms with Gasteiger partial charge < -0.3 is 0 Å². The van der Waals surface area contributed by atoms with Crippen LogP contribution in [0.4, 0.5) is 0 Å². The zero-order valence-corrected chi connectivity index (χ0v) is 18.0. The second-order valence-corrected chi connectivity index (χ2v) is 8.00. The highest BCUT2D eigenvalue weighted by molar-refractivity contribution is 6.36. The highest BCUT2D eigenvalue weighted by atomic mass is 35.5. The standard InChI is InChI=1S/C24H16Cl2N4O/c1-15-7-10-18(11-8-15)30-22(19-12-9-16(25)13-20(19)26)28-23-21(24(30)31)27-14-29(23)17-5-3-2-4-6-17/h2-14H,1H3. The van der Waals surface area contributed by atoms with Crippen molar-refractivity contribution in [2.45, 2.75) is 6.92 Å². The summed E-state index contributed by atoms with van der Waals surface area (Å²) in [5.41, 5.74) is 3.69. The monoisotopic (exact) mass is 446 g/mol. The van der Waals surface area contributed by atoms with E-state index in [9.17, 15) is 4.79 Å². The lowest BCUT2D eigenvalue weighted by Crippen LogP contribution is -2.22. The molecule has 3 aromatic carbocycles. The number of halogens is 2. The quantitative estimate of drug-likeness (QED) is 0.349. The van der Waals surface area contributed by atoms with Crippen molar-refractivity contribution in [3.05, 3.63) is 105 Å². The third-order valence-electron chi connectivity index (χ3n) is 5.07. The van der Waals surface area contributed by atoms with Crippen LogP contribution in [-0.2, 0) is 0 Å². The molecule has 0 bridgehead atoms. The highest BCUT2D eigenvalue weighted by Gasteiger charge is 2.20. The molecule has 2 aromatic heterocycles. The Hall–Kier alpha value is -3.41. The van der Waals surface area contributed by atoms with Gasteiger partial charge in [0.25, 0.3) is 5.56 Å². The van der Waals surface area contributed by atoms with Crippen LogP contribution in [0.15, 0.2) is 83.9 Å². The maximum absolute atomic E-state index is 13.6. The number of para-hydroxylation sites is 1. The predicted octanol–water partition coefficient (Wildman–Crippen LogP) is 5.85. The summed E-state index contributed by atoms with van der Waals surface area (Å²) in [7, 11) is 0. The van der Waals surface area contributed by atoms with Gasteiger partial charge in [0.15, 0.2) is 17.0 Å². The van der Waals surface area contributed by atoms with Crippen molar-refractivity contribution in [1.29, 1.82) is 0 Å². The van der Waals surface area contributed by atoms with Crippen LogP contribution < -0.4 is 5.56 Å². The summed E-state index contributed by atoms with van der Waals surface area (Å²) >= 11 is 12.6. The SMILES string of the molecule is Cc1ccc(-n2c(-c3ccc(Cl)cc3Cl)nc3c(ncn3-c3ccccc3)c2=O)cc1. The third kappa shape index (κ3) is 3.42. The summed E-state index contributed by atoms with van der Waals surface area (Å²) in [6.45, 7) is 1.99. The van der Waals surface area contributed by atoms with E-state index in [0.717, 1.165) is 11.3 Å². The number of hydrogen-bond donors (Lipinski definition) is 0. The van der Waals surface area contributed by atoms with Crippen LogP contribution in [-0.4, -0.2) is 19.1 Å². The van der Waals surface area contributed by atoms with E-state index in [-0.39, 0.29) is 11.1 Å². The van der Waals surface area contributed by atoms with Crippen molar-refractivity contribution in [2.75, 3.05) is 0 Å². The third-order valence-corrected chi connectivity index (χ3v) is 5.62. The van der Waals surface area contributed by atoms with Gasteiger partial charge in [-0.05, 0) is 49.4 Å². The van der Waals surface area contributed by atoms with Crippen molar-refractivity contribution in [1.82, 2.24) is 19.1 Å². The molecular weight excluding hydrogens is 431 g/mol. The molecule has 0 spiro atoms. The molecule has 0 N–H and O–H groups in total. The number of aryl methyl sites for hydroxylation is 1. The molecule has 0 aliphatic heterocycles. The lowest BCUT2D eigenvalue weighted by atomic mass is 10.1. The Balaban J connectivity index is 1.88. The Morgan fingerprint density at radius 2 is 1.61 bits per heavy atom. The molecule has 0 saturated heterocycles. The maximum atomic E-state index is 13.6. The Kier molecular flexibility index (Phi) is 4.85. The summed E-state index contributed by atoms with van der Waals surface area (Å²) in [6, 6.07) is 22.4. The van der Waals surface area contributed by atoms with E-state index in [4.69, 9.17) is 28.2 Å². The normalized spacial score (nSPS) is 11.2. The second kappa shape index (κ2) is 7.69. The highest BCUT2D eigenvalue weighted by Crippen LogP contribution is 2.31. The van der Waals surface area contributed by atoms with Crippen LogP contribution in [0.1, 0.15) is 5.56 Å². The fraction of sp³-hybridized carbons (Fsp3) is 0.0417. The number of hydrogen-bond acceptors (Lipinski definition) is 3. The molecule has 0 unspecified atom stereocenters. The average molecular weight is 447 g/mol. The number of fused-ring (bicyclic) bond motifs is 1. The topological polar surface area (TPSA) is 52.7 Å². The molecule has 0 saturated carbocycles. The Morgan fingerprint density at radius 3 is 2.32 bits per heavy atom. The van der Waals surface area contributed by atoms with Gasteiger partial charge in [0, 0.05) is 16.3 Å². The molecule has 2 heterocycles. The molecule has 0 aliphatic carbocycles. The molecular formula is C24H16Cl2N4O. The van der Waals surface area contributed by atoms with Gasteiger partial charge in [0.05, 0.1) is 10.7 Å². The van der Waals surface area contributed by atoms with Crippen LogP contribution >= 0.6 is 23.2 Å². The summed E-state index contributed by atoms with van der Waals surface area (Å²) in [5, 5.41) is 0.916. The Morgan fingerprint density at radius 1 is 0.871 bits per heavy atom. The van der Waals surface area contributed by atoms with Gasteiger partial charge in [0.1, 0.15) is 6.33 Å². The van der Waals surface area contributed by atoms with Gasteiger partial charge in [-0.3, -0.25) is 13.9 Å². The first-order valence-electron chi connectivity index (χ1n) is 9.61. The van der Waals surface area contributed by atoms with Gasteiger partial charge in [-0.15, -0.1) is 0 Å². The first kappa shape index (κ1) is 19.5. The molecule has 5 nitrogen and oxygen atoms in total. The van der Waals surface area contributed by atoms with E-state index >= 15 is 0 Å². The minimum atomic E-state index is -0.274. The summed E-state index contributed by atoms with van der Waals surface area (Å²) in [5.74, 6) is 0.417. The minimum absolute atomic E-state index is 0.274. The van der Waals surface area contributed by atoms with E-state index in [2.05, 4.69) is 4.98 Å². The first-order valence-corrected chi connectivity index (χ1v) is 10.4. The van der Waals surface area contributed by atoms with Crippen LogP contribution in [0, 0.1) is 6.92 Å².